The minimum Gasteiger partial charge on any atom is -0.341 e. The molecule has 8 heteroatoms. The van der Waals surface area contributed by atoms with Crippen molar-refractivity contribution in [1.29, 1.82) is 0 Å². The third-order valence-electron chi connectivity index (χ3n) is 5.07. The van der Waals surface area contributed by atoms with Crippen LogP contribution >= 0.6 is 0 Å². The Balaban J connectivity index is 1.54. The second kappa shape index (κ2) is 9.07. The van der Waals surface area contributed by atoms with Gasteiger partial charge >= 0.3 is 0 Å². The summed E-state index contributed by atoms with van der Waals surface area (Å²) in [6, 6.07) is 16.2. The molecule has 2 amide bonds. The Morgan fingerprint density at radius 3 is 2.58 bits per heavy atom. The molecule has 0 radical (unpaired) electrons. The summed E-state index contributed by atoms with van der Waals surface area (Å²) in [5, 5.41) is 17.8. The van der Waals surface area contributed by atoms with E-state index in [2.05, 4.69) is 26.2 Å². The zero-order valence-corrected chi connectivity index (χ0v) is 17.7. The molecule has 1 heterocycles. The molecule has 2 N–H and O–H groups in total. The molecule has 1 saturated carbocycles. The van der Waals surface area contributed by atoms with E-state index in [1.807, 2.05) is 73.1 Å². The lowest BCUT2D eigenvalue weighted by molar-refractivity contribution is -0.127. The highest BCUT2D eigenvalue weighted by molar-refractivity contribution is 5.98. The fourth-order valence-electron chi connectivity index (χ4n) is 3.44. The molecule has 1 aromatic heterocycles. The second-order valence-corrected chi connectivity index (χ2v) is 8.26. The van der Waals surface area contributed by atoms with Gasteiger partial charge < -0.3 is 10.6 Å². The molecule has 160 valence electrons. The SMILES string of the molecule is CC(C)CC(=O)NC(C(=O)Nc1cccc(-c2nnnn2C2CC2)c1)c1ccccc1. The monoisotopic (exact) mass is 418 g/mol. The first-order valence-corrected chi connectivity index (χ1v) is 10.5. The van der Waals surface area contributed by atoms with Gasteiger partial charge in [0.05, 0.1) is 6.04 Å². The Labute approximate surface area is 181 Å². The van der Waals surface area contributed by atoms with Crippen LogP contribution in [0, 0.1) is 5.92 Å². The van der Waals surface area contributed by atoms with Gasteiger partial charge in [-0.1, -0.05) is 56.3 Å². The van der Waals surface area contributed by atoms with E-state index in [4.69, 9.17) is 0 Å². The van der Waals surface area contributed by atoms with Gasteiger partial charge in [0.2, 0.25) is 5.91 Å². The van der Waals surface area contributed by atoms with Gasteiger partial charge in [-0.3, -0.25) is 9.59 Å². The topological polar surface area (TPSA) is 102 Å². The minimum absolute atomic E-state index is 0.156. The maximum atomic E-state index is 13.1. The molecule has 4 rings (SSSR count). The first kappa shape index (κ1) is 20.7. The largest absolute Gasteiger partial charge is 0.341 e. The highest BCUT2D eigenvalue weighted by atomic mass is 16.2. The number of amides is 2. The van der Waals surface area contributed by atoms with Crippen LogP contribution in [0.15, 0.2) is 54.6 Å². The Bertz CT molecular complexity index is 1060. The quantitative estimate of drug-likeness (QED) is 0.583. The van der Waals surface area contributed by atoms with Crippen molar-refractivity contribution in [2.24, 2.45) is 5.92 Å². The molecular formula is C23H26N6O2. The van der Waals surface area contributed by atoms with Crippen molar-refractivity contribution in [3.63, 3.8) is 0 Å². The summed E-state index contributed by atoms with van der Waals surface area (Å²) in [7, 11) is 0. The lowest BCUT2D eigenvalue weighted by Crippen LogP contribution is -2.37. The van der Waals surface area contributed by atoms with Gasteiger partial charge in [0.15, 0.2) is 5.82 Å². The van der Waals surface area contributed by atoms with Crippen molar-refractivity contribution in [2.45, 2.75) is 45.2 Å². The van der Waals surface area contributed by atoms with E-state index in [1.54, 1.807) is 0 Å². The third kappa shape index (κ3) is 5.14. The van der Waals surface area contributed by atoms with Crippen molar-refractivity contribution in [3.05, 3.63) is 60.2 Å². The van der Waals surface area contributed by atoms with Gasteiger partial charge in [0.1, 0.15) is 6.04 Å². The molecule has 0 bridgehead atoms. The molecule has 1 atom stereocenters. The van der Waals surface area contributed by atoms with Crippen LogP contribution in [0.5, 0.6) is 0 Å². The van der Waals surface area contributed by atoms with E-state index in [1.165, 1.54) is 0 Å². The van der Waals surface area contributed by atoms with Crippen molar-refractivity contribution >= 4 is 17.5 Å². The fourth-order valence-corrected chi connectivity index (χ4v) is 3.44. The number of rotatable bonds is 8. The first-order valence-electron chi connectivity index (χ1n) is 10.5. The summed E-state index contributed by atoms with van der Waals surface area (Å²) in [6.07, 6.45) is 2.50. The van der Waals surface area contributed by atoms with E-state index < -0.39 is 6.04 Å². The van der Waals surface area contributed by atoms with Crippen LogP contribution in [-0.4, -0.2) is 32.0 Å². The smallest absolute Gasteiger partial charge is 0.251 e. The number of carbonyl (C=O) groups is 2. The van der Waals surface area contributed by atoms with Crippen LogP contribution < -0.4 is 10.6 Å². The molecule has 1 fully saturated rings. The number of hydrogen-bond acceptors (Lipinski definition) is 5. The summed E-state index contributed by atoms with van der Waals surface area (Å²) in [5.74, 6) is 0.427. The Hall–Kier alpha value is -3.55. The number of nitrogens with one attached hydrogen (secondary N) is 2. The minimum atomic E-state index is -0.784. The van der Waals surface area contributed by atoms with Crippen LogP contribution in [0.25, 0.3) is 11.4 Å². The van der Waals surface area contributed by atoms with Gasteiger partial charge in [-0.2, -0.15) is 0 Å². The van der Waals surface area contributed by atoms with Crippen molar-refractivity contribution in [1.82, 2.24) is 25.5 Å². The molecule has 2 aromatic carbocycles. The molecule has 31 heavy (non-hydrogen) atoms. The van der Waals surface area contributed by atoms with Gasteiger partial charge in [-0.15, -0.1) is 5.10 Å². The summed E-state index contributed by atoms with van der Waals surface area (Å²) in [6.45, 7) is 3.94. The Morgan fingerprint density at radius 1 is 1.10 bits per heavy atom. The number of aromatic nitrogens is 4. The molecule has 3 aromatic rings. The van der Waals surface area contributed by atoms with Gasteiger partial charge in [-0.05, 0) is 46.9 Å². The maximum absolute atomic E-state index is 13.1. The van der Waals surface area contributed by atoms with Crippen molar-refractivity contribution < 1.29 is 9.59 Å². The fraction of sp³-hybridized carbons (Fsp3) is 0.348. The molecule has 8 nitrogen and oxygen atoms in total. The molecule has 1 aliphatic carbocycles. The Morgan fingerprint density at radius 2 is 1.87 bits per heavy atom. The number of tetrazole rings is 1. The van der Waals surface area contributed by atoms with Gasteiger partial charge in [0.25, 0.3) is 5.91 Å². The number of carbonyl (C=O) groups excluding carboxylic acids is 2. The number of nitrogens with zero attached hydrogens (tertiary/aromatic N) is 4. The molecular weight excluding hydrogens is 392 g/mol. The highest BCUT2D eigenvalue weighted by Gasteiger charge is 2.28. The van der Waals surface area contributed by atoms with E-state index in [0.717, 1.165) is 24.0 Å². The summed E-state index contributed by atoms with van der Waals surface area (Å²) >= 11 is 0. The zero-order valence-electron chi connectivity index (χ0n) is 17.7. The zero-order chi connectivity index (χ0) is 21.8. The first-order chi connectivity index (χ1) is 15.0. The van der Waals surface area contributed by atoms with E-state index in [-0.39, 0.29) is 17.7 Å². The summed E-state index contributed by atoms with van der Waals surface area (Å²) in [5.41, 5.74) is 2.17. The van der Waals surface area contributed by atoms with Crippen molar-refractivity contribution in [3.8, 4) is 11.4 Å². The Kier molecular flexibility index (Phi) is 6.06. The van der Waals surface area contributed by atoms with Crippen molar-refractivity contribution in [2.75, 3.05) is 5.32 Å². The predicted molar refractivity (Wildman–Crippen MR) is 117 cm³/mol. The predicted octanol–water partition coefficient (Wildman–Crippen LogP) is 3.52. The summed E-state index contributed by atoms with van der Waals surface area (Å²) < 4.78 is 1.83. The summed E-state index contributed by atoms with van der Waals surface area (Å²) in [4.78, 5) is 25.5. The standard InChI is InChI=1S/C23H26N6O2/c1-15(2)13-20(30)25-21(16-7-4-3-5-8-16)23(31)24-18-10-6-9-17(14-18)22-26-27-28-29(22)19-11-12-19/h3-10,14-15,19,21H,11-13H2,1-2H3,(H,24,31)(H,25,30). The lowest BCUT2D eigenvalue weighted by Gasteiger charge is -2.20. The van der Waals surface area contributed by atoms with E-state index >= 15 is 0 Å². The number of anilines is 1. The molecule has 0 spiro atoms. The van der Waals surface area contributed by atoms with Crippen LogP contribution in [0.1, 0.15) is 50.8 Å². The number of hydrogen-bond donors (Lipinski definition) is 2. The van der Waals surface area contributed by atoms with Gasteiger partial charge in [-0.25, -0.2) is 4.68 Å². The average Bonchev–Trinajstić information content (AvgIpc) is 3.48. The number of benzene rings is 2. The third-order valence-corrected chi connectivity index (χ3v) is 5.07. The molecule has 1 unspecified atom stereocenters. The van der Waals surface area contributed by atoms with Crippen LogP contribution in [0.3, 0.4) is 0 Å². The van der Waals surface area contributed by atoms with E-state index in [9.17, 15) is 9.59 Å². The average molecular weight is 419 g/mol. The molecule has 0 saturated heterocycles. The normalized spacial score (nSPS) is 14.3. The molecule has 1 aliphatic rings. The highest BCUT2D eigenvalue weighted by Crippen LogP contribution is 2.36. The van der Waals surface area contributed by atoms with Crippen LogP contribution in [0.4, 0.5) is 5.69 Å². The second-order valence-electron chi connectivity index (χ2n) is 8.26. The lowest BCUT2D eigenvalue weighted by atomic mass is 10.0. The maximum Gasteiger partial charge on any atom is 0.251 e. The van der Waals surface area contributed by atoms with E-state index in [0.29, 0.717) is 24.0 Å². The van der Waals surface area contributed by atoms with Crippen LogP contribution in [0.2, 0.25) is 0 Å². The van der Waals surface area contributed by atoms with Crippen LogP contribution in [-0.2, 0) is 9.59 Å². The molecule has 0 aliphatic heterocycles. The van der Waals surface area contributed by atoms with Gasteiger partial charge in [0, 0.05) is 17.7 Å².